The Morgan fingerprint density at radius 1 is 1.29 bits per heavy atom. The van der Waals surface area contributed by atoms with Gasteiger partial charge in [-0.2, -0.15) is 0 Å². The maximum absolute atomic E-state index is 6.14. The van der Waals surface area contributed by atoms with E-state index in [2.05, 4.69) is 55.6 Å². The Balaban J connectivity index is 2.51. The zero-order chi connectivity index (χ0) is 12.8. The average molecular weight is 237 g/mol. The molecule has 0 spiro atoms. The van der Waals surface area contributed by atoms with Crippen LogP contribution >= 0.6 is 0 Å². The molecule has 0 aliphatic rings. The number of likely N-dealkylation sites (N-methyl/N-ethyl adjacent to an activating group) is 1. The van der Waals surface area contributed by atoms with Crippen molar-refractivity contribution in [1.29, 1.82) is 0 Å². The van der Waals surface area contributed by atoms with Gasteiger partial charge in [0.25, 0.3) is 0 Å². The molecule has 1 unspecified atom stereocenters. The Kier molecular flexibility index (Phi) is 5.72. The average Bonchev–Trinajstić information content (AvgIpc) is 2.78. The zero-order valence-electron chi connectivity index (χ0n) is 11.7. The summed E-state index contributed by atoms with van der Waals surface area (Å²) in [4.78, 5) is 2.43. The van der Waals surface area contributed by atoms with Crippen LogP contribution in [0.2, 0.25) is 0 Å². The van der Waals surface area contributed by atoms with Gasteiger partial charge in [-0.3, -0.25) is 0 Å². The normalized spacial score (nSPS) is 13.6. The van der Waals surface area contributed by atoms with Crippen molar-refractivity contribution in [2.75, 3.05) is 19.6 Å². The van der Waals surface area contributed by atoms with Gasteiger partial charge in [0.2, 0.25) is 0 Å². The minimum atomic E-state index is 0.157. The lowest BCUT2D eigenvalue weighted by molar-refractivity contribution is 0.290. The summed E-state index contributed by atoms with van der Waals surface area (Å²) in [5.41, 5.74) is 7.39. The molecule has 1 rings (SSSR count). The predicted octanol–water partition coefficient (Wildman–Crippen LogP) is 2.49. The molecule has 0 aromatic carbocycles. The molecule has 1 atom stereocenters. The van der Waals surface area contributed by atoms with Crippen LogP contribution in [0.4, 0.5) is 0 Å². The van der Waals surface area contributed by atoms with Gasteiger partial charge in [-0.1, -0.05) is 27.7 Å². The largest absolute Gasteiger partial charge is 0.353 e. The number of nitrogens with zero attached hydrogens (tertiary/aromatic N) is 2. The summed E-state index contributed by atoms with van der Waals surface area (Å²) in [6, 6.07) is 2.30. The molecule has 0 aliphatic heterocycles. The van der Waals surface area contributed by atoms with Gasteiger partial charge in [0.15, 0.2) is 0 Å². The molecule has 2 N–H and O–H groups in total. The molecule has 3 nitrogen and oxygen atoms in total. The molecule has 0 radical (unpaired) electrons. The van der Waals surface area contributed by atoms with E-state index < -0.39 is 0 Å². The number of rotatable bonds is 7. The summed E-state index contributed by atoms with van der Waals surface area (Å²) in [6.45, 7) is 13.1. The zero-order valence-corrected chi connectivity index (χ0v) is 11.7. The molecule has 98 valence electrons. The van der Waals surface area contributed by atoms with Crippen molar-refractivity contribution in [2.24, 2.45) is 11.7 Å². The van der Waals surface area contributed by atoms with Crippen molar-refractivity contribution in [1.82, 2.24) is 9.47 Å². The van der Waals surface area contributed by atoms with Crippen LogP contribution in [0.1, 0.15) is 39.3 Å². The lowest BCUT2D eigenvalue weighted by Crippen LogP contribution is -2.26. The highest BCUT2D eigenvalue weighted by molar-refractivity contribution is 5.15. The Labute approximate surface area is 106 Å². The second-order valence-electron chi connectivity index (χ2n) is 4.98. The third-order valence-corrected chi connectivity index (χ3v) is 3.45. The van der Waals surface area contributed by atoms with Crippen LogP contribution in [0.15, 0.2) is 18.5 Å². The molecule has 17 heavy (non-hydrogen) atoms. The molecule has 0 aliphatic carbocycles. The summed E-state index contributed by atoms with van der Waals surface area (Å²) in [5, 5.41) is 0. The Morgan fingerprint density at radius 2 is 1.94 bits per heavy atom. The van der Waals surface area contributed by atoms with Gasteiger partial charge in [0.1, 0.15) is 0 Å². The monoisotopic (exact) mass is 237 g/mol. The van der Waals surface area contributed by atoms with Crippen LogP contribution in [-0.2, 0) is 6.54 Å². The van der Waals surface area contributed by atoms with Gasteiger partial charge in [-0.05, 0) is 30.6 Å². The molecule has 0 saturated carbocycles. The third-order valence-electron chi connectivity index (χ3n) is 3.45. The van der Waals surface area contributed by atoms with Crippen molar-refractivity contribution in [3.63, 3.8) is 0 Å². The Hall–Kier alpha value is -0.800. The Bertz CT molecular complexity index is 313. The minimum Gasteiger partial charge on any atom is -0.353 e. The first-order valence-electron chi connectivity index (χ1n) is 6.72. The van der Waals surface area contributed by atoms with Crippen molar-refractivity contribution < 1.29 is 0 Å². The molecule has 1 aromatic rings. The SMILES string of the molecule is CCN(CC)CCn1ccc(C(N)C(C)C)c1. The smallest absolute Gasteiger partial charge is 0.0347 e. The minimum absolute atomic E-state index is 0.157. The lowest BCUT2D eigenvalue weighted by atomic mass is 10.00. The Morgan fingerprint density at radius 3 is 2.47 bits per heavy atom. The third kappa shape index (κ3) is 4.17. The van der Waals surface area contributed by atoms with Crippen LogP contribution in [0.25, 0.3) is 0 Å². The number of hydrogen-bond acceptors (Lipinski definition) is 2. The van der Waals surface area contributed by atoms with Gasteiger partial charge in [0.05, 0.1) is 0 Å². The van der Waals surface area contributed by atoms with E-state index in [0.29, 0.717) is 5.92 Å². The van der Waals surface area contributed by atoms with Crippen molar-refractivity contribution in [2.45, 2.75) is 40.3 Å². The molecule has 0 saturated heterocycles. The molecular weight excluding hydrogens is 210 g/mol. The van der Waals surface area contributed by atoms with Crippen LogP contribution in [0.5, 0.6) is 0 Å². The van der Waals surface area contributed by atoms with Crippen molar-refractivity contribution >= 4 is 0 Å². The molecular formula is C14H27N3. The van der Waals surface area contributed by atoms with Crippen molar-refractivity contribution in [3.05, 3.63) is 24.0 Å². The first kappa shape index (κ1) is 14.3. The summed E-state index contributed by atoms with van der Waals surface area (Å²) in [7, 11) is 0. The first-order valence-corrected chi connectivity index (χ1v) is 6.72. The van der Waals surface area contributed by atoms with Crippen molar-refractivity contribution in [3.8, 4) is 0 Å². The lowest BCUT2D eigenvalue weighted by Gasteiger charge is -2.18. The van der Waals surface area contributed by atoms with E-state index in [-0.39, 0.29) is 6.04 Å². The predicted molar refractivity (Wildman–Crippen MR) is 74.0 cm³/mol. The molecule has 3 heteroatoms. The van der Waals surface area contributed by atoms with Crippen LogP contribution in [0.3, 0.4) is 0 Å². The van der Waals surface area contributed by atoms with E-state index in [9.17, 15) is 0 Å². The van der Waals surface area contributed by atoms with Gasteiger partial charge < -0.3 is 15.2 Å². The summed E-state index contributed by atoms with van der Waals surface area (Å²) >= 11 is 0. The summed E-state index contributed by atoms with van der Waals surface area (Å²) < 4.78 is 2.25. The standard InChI is InChI=1S/C14H27N3/c1-5-16(6-2)9-10-17-8-7-13(11-17)14(15)12(3)4/h7-8,11-12,14H,5-6,9-10,15H2,1-4H3. The van der Waals surface area contributed by atoms with Gasteiger partial charge in [0, 0.05) is 31.5 Å². The maximum atomic E-state index is 6.14. The number of hydrogen-bond donors (Lipinski definition) is 1. The van der Waals surface area contributed by atoms with E-state index in [1.807, 2.05) is 0 Å². The summed E-state index contributed by atoms with van der Waals surface area (Å²) in [6.07, 6.45) is 4.33. The fourth-order valence-corrected chi connectivity index (χ4v) is 1.98. The van der Waals surface area contributed by atoms with Gasteiger partial charge in [-0.15, -0.1) is 0 Å². The van der Waals surface area contributed by atoms with Crippen LogP contribution < -0.4 is 5.73 Å². The molecule has 1 heterocycles. The number of nitrogens with two attached hydrogens (primary N) is 1. The van der Waals surface area contributed by atoms with Gasteiger partial charge >= 0.3 is 0 Å². The topological polar surface area (TPSA) is 34.2 Å². The highest BCUT2D eigenvalue weighted by atomic mass is 15.1. The van der Waals surface area contributed by atoms with E-state index >= 15 is 0 Å². The quantitative estimate of drug-likeness (QED) is 0.790. The fourth-order valence-electron chi connectivity index (χ4n) is 1.98. The van der Waals surface area contributed by atoms with E-state index in [4.69, 9.17) is 5.73 Å². The number of aromatic nitrogens is 1. The van der Waals surface area contributed by atoms with E-state index in [0.717, 1.165) is 26.2 Å². The van der Waals surface area contributed by atoms with Crippen LogP contribution in [-0.4, -0.2) is 29.1 Å². The second kappa shape index (κ2) is 6.82. The van der Waals surface area contributed by atoms with E-state index in [1.165, 1.54) is 5.56 Å². The van der Waals surface area contributed by atoms with Crippen LogP contribution in [0, 0.1) is 5.92 Å². The maximum Gasteiger partial charge on any atom is 0.0347 e. The molecule has 1 aromatic heterocycles. The summed E-state index contributed by atoms with van der Waals surface area (Å²) in [5.74, 6) is 0.494. The molecule has 0 amide bonds. The van der Waals surface area contributed by atoms with E-state index in [1.54, 1.807) is 0 Å². The second-order valence-corrected chi connectivity index (χ2v) is 4.98. The van der Waals surface area contributed by atoms with Gasteiger partial charge in [-0.25, -0.2) is 0 Å². The first-order chi connectivity index (χ1) is 8.08. The highest BCUT2D eigenvalue weighted by Gasteiger charge is 2.11. The molecule has 0 fully saturated rings. The molecule has 0 bridgehead atoms. The highest BCUT2D eigenvalue weighted by Crippen LogP contribution is 2.18. The fraction of sp³-hybridized carbons (Fsp3) is 0.714.